The number of aliphatic carboxylic acids is 1. The molecule has 0 aromatic heterocycles. The summed E-state index contributed by atoms with van der Waals surface area (Å²) >= 11 is 0. The lowest BCUT2D eigenvalue weighted by Gasteiger charge is -2.28. The van der Waals surface area contributed by atoms with Gasteiger partial charge < -0.3 is 15.7 Å². The molecule has 0 aromatic rings. The van der Waals surface area contributed by atoms with E-state index in [2.05, 4.69) is 10.6 Å². The molecule has 1 unspecified atom stereocenters. The van der Waals surface area contributed by atoms with Crippen molar-refractivity contribution in [2.75, 3.05) is 13.6 Å². The molecule has 5 heteroatoms. The summed E-state index contributed by atoms with van der Waals surface area (Å²) in [5, 5.41) is 14.7. The van der Waals surface area contributed by atoms with Crippen LogP contribution in [0.2, 0.25) is 0 Å². The number of nitrogens with one attached hydrogen (secondary N) is 2. The molecule has 1 aliphatic carbocycles. The molecule has 0 heterocycles. The quantitative estimate of drug-likeness (QED) is 0.642. The van der Waals surface area contributed by atoms with Crippen LogP contribution in [0.15, 0.2) is 0 Å². The maximum absolute atomic E-state index is 11.5. The lowest BCUT2D eigenvalue weighted by atomic mass is 9.84. The molecule has 17 heavy (non-hydrogen) atoms. The molecular formula is C12H22N2O3. The highest BCUT2D eigenvalue weighted by molar-refractivity contribution is 5.83. The zero-order chi connectivity index (χ0) is 12.7. The van der Waals surface area contributed by atoms with E-state index >= 15 is 0 Å². The standard InChI is InChI=1S/C12H22N2O3/c1-13-8-7-10(15)14-11(12(16)17)9-5-3-2-4-6-9/h9,11,13H,2-8H2,1H3,(H,14,15)(H,16,17). The average Bonchev–Trinajstić information content (AvgIpc) is 2.34. The van der Waals surface area contributed by atoms with E-state index in [1.54, 1.807) is 7.05 Å². The number of hydrogen-bond donors (Lipinski definition) is 3. The van der Waals surface area contributed by atoms with Gasteiger partial charge in [-0.2, -0.15) is 0 Å². The van der Waals surface area contributed by atoms with E-state index < -0.39 is 12.0 Å². The van der Waals surface area contributed by atoms with Crippen molar-refractivity contribution in [3.8, 4) is 0 Å². The molecule has 1 saturated carbocycles. The van der Waals surface area contributed by atoms with Crippen LogP contribution in [0.3, 0.4) is 0 Å². The first-order valence-electron chi connectivity index (χ1n) is 6.32. The smallest absolute Gasteiger partial charge is 0.326 e. The summed E-state index contributed by atoms with van der Waals surface area (Å²) in [4.78, 5) is 22.7. The van der Waals surface area contributed by atoms with Crippen LogP contribution in [0.1, 0.15) is 38.5 Å². The minimum atomic E-state index is -0.908. The first-order chi connectivity index (χ1) is 8.15. The minimum absolute atomic E-state index is 0.0970. The summed E-state index contributed by atoms with van der Waals surface area (Å²) in [6.07, 6.45) is 5.46. The fourth-order valence-corrected chi connectivity index (χ4v) is 2.33. The predicted molar refractivity (Wildman–Crippen MR) is 64.7 cm³/mol. The Bertz CT molecular complexity index is 262. The van der Waals surface area contributed by atoms with Gasteiger partial charge in [0.15, 0.2) is 0 Å². The Balaban J connectivity index is 2.47. The Morgan fingerprint density at radius 2 is 1.94 bits per heavy atom. The number of carbonyl (C=O) groups is 2. The first-order valence-corrected chi connectivity index (χ1v) is 6.32. The zero-order valence-electron chi connectivity index (χ0n) is 10.4. The Labute approximate surface area is 102 Å². The lowest BCUT2D eigenvalue weighted by molar-refractivity contribution is -0.143. The van der Waals surface area contributed by atoms with Crippen LogP contribution in [-0.2, 0) is 9.59 Å². The molecule has 0 bridgehead atoms. The molecule has 5 nitrogen and oxygen atoms in total. The number of amides is 1. The van der Waals surface area contributed by atoms with Crippen LogP contribution in [0, 0.1) is 5.92 Å². The second kappa shape index (κ2) is 7.27. The van der Waals surface area contributed by atoms with Crippen molar-refractivity contribution in [2.24, 2.45) is 5.92 Å². The summed E-state index contributed by atoms with van der Waals surface area (Å²) in [6, 6.07) is -0.709. The molecule has 0 spiro atoms. The van der Waals surface area contributed by atoms with Crippen LogP contribution in [0.25, 0.3) is 0 Å². The van der Waals surface area contributed by atoms with Crippen molar-refractivity contribution < 1.29 is 14.7 Å². The molecule has 1 rings (SSSR count). The Morgan fingerprint density at radius 1 is 1.29 bits per heavy atom. The van der Waals surface area contributed by atoms with Crippen molar-refractivity contribution in [1.29, 1.82) is 0 Å². The molecule has 0 saturated heterocycles. The summed E-state index contributed by atoms with van der Waals surface area (Å²) in [5.74, 6) is -0.994. The zero-order valence-corrected chi connectivity index (χ0v) is 10.4. The van der Waals surface area contributed by atoms with E-state index in [1.165, 1.54) is 6.42 Å². The Hall–Kier alpha value is -1.10. The van der Waals surface area contributed by atoms with Crippen LogP contribution >= 0.6 is 0 Å². The van der Waals surface area contributed by atoms with E-state index in [9.17, 15) is 9.59 Å². The molecule has 1 aliphatic rings. The fourth-order valence-electron chi connectivity index (χ4n) is 2.33. The molecule has 1 atom stereocenters. The highest BCUT2D eigenvalue weighted by Gasteiger charge is 2.30. The van der Waals surface area contributed by atoms with Crippen molar-refractivity contribution in [1.82, 2.24) is 10.6 Å². The largest absolute Gasteiger partial charge is 0.480 e. The van der Waals surface area contributed by atoms with Gasteiger partial charge in [0, 0.05) is 13.0 Å². The van der Waals surface area contributed by atoms with Crippen molar-refractivity contribution in [3.63, 3.8) is 0 Å². The Morgan fingerprint density at radius 3 is 2.47 bits per heavy atom. The molecule has 0 aliphatic heterocycles. The molecule has 1 amide bonds. The molecule has 98 valence electrons. The number of rotatable bonds is 6. The second-order valence-corrected chi connectivity index (χ2v) is 4.64. The van der Waals surface area contributed by atoms with Crippen LogP contribution in [0.4, 0.5) is 0 Å². The van der Waals surface area contributed by atoms with E-state index in [4.69, 9.17) is 5.11 Å². The molecule has 3 N–H and O–H groups in total. The summed E-state index contributed by atoms with van der Waals surface area (Å²) in [5.41, 5.74) is 0. The van der Waals surface area contributed by atoms with Gasteiger partial charge in [0.1, 0.15) is 6.04 Å². The van der Waals surface area contributed by atoms with E-state index in [0.29, 0.717) is 13.0 Å². The number of carboxylic acids is 1. The van der Waals surface area contributed by atoms with Gasteiger partial charge >= 0.3 is 5.97 Å². The SMILES string of the molecule is CNCCC(=O)NC(C(=O)O)C1CCCCC1. The van der Waals surface area contributed by atoms with Crippen LogP contribution in [0.5, 0.6) is 0 Å². The number of hydrogen-bond acceptors (Lipinski definition) is 3. The van der Waals surface area contributed by atoms with Gasteiger partial charge in [0.25, 0.3) is 0 Å². The monoisotopic (exact) mass is 242 g/mol. The molecule has 1 fully saturated rings. The normalized spacial score (nSPS) is 18.6. The number of carboxylic acid groups (broad SMARTS) is 1. The van der Waals surface area contributed by atoms with E-state index in [-0.39, 0.29) is 11.8 Å². The predicted octanol–water partition coefficient (Wildman–Crippen LogP) is 0.746. The summed E-state index contributed by atoms with van der Waals surface area (Å²) in [7, 11) is 1.77. The molecule has 0 aromatic carbocycles. The van der Waals surface area contributed by atoms with Gasteiger partial charge in [-0.15, -0.1) is 0 Å². The molecule has 0 radical (unpaired) electrons. The van der Waals surface area contributed by atoms with Gasteiger partial charge in [0.2, 0.25) is 5.91 Å². The Kier molecular flexibility index (Phi) is 5.97. The van der Waals surface area contributed by atoms with Gasteiger partial charge in [0.05, 0.1) is 0 Å². The summed E-state index contributed by atoms with van der Waals surface area (Å²) in [6.45, 7) is 0.572. The summed E-state index contributed by atoms with van der Waals surface area (Å²) < 4.78 is 0. The molecular weight excluding hydrogens is 220 g/mol. The number of carbonyl (C=O) groups excluding carboxylic acids is 1. The van der Waals surface area contributed by atoms with Gasteiger partial charge in [-0.05, 0) is 25.8 Å². The van der Waals surface area contributed by atoms with Crippen molar-refractivity contribution in [3.05, 3.63) is 0 Å². The minimum Gasteiger partial charge on any atom is -0.480 e. The average molecular weight is 242 g/mol. The third-order valence-electron chi connectivity index (χ3n) is 3.31. The van der Waals surface area contributed by atoms with Crippen LogP contribution < -0.4 is 10.6 Å². The second-order valence-electron chi connectivity index (χ2n) is 4.64. The third-order valence-corrected chi connectivity index (χ3v) is 3.31. The van der Waals surface area contributed by atoms with Crippen molar-refractivity contribution >= 4 is 11.9 Å². The maximum Gasteiger partial charge on any atom is 0.326 e. The topological polar surface area (TPSA) is 78.4 Å². The maximum atomic E-state index is 11.5. The van der Waals surface area contributed by atoms with Gasteiger partial charge in [-0.1, -0.05) is 19.3 Å². The van der Waals surface area contributed by atoms with Gasteiger partial charge in [-0.25, -0.2) is 4.79 Å². The first kappa shape index (κ1) is 14.0. The van der Waals surface area contributed by atoms with Crippen molar-refractivity contribution in [2.45, 2.75) is 44.6 Å². The highest BCUT2D eigenvalue weighted by atomic mass is 16.4. The van der Waals surface area contributed by atoms with E-state index in [1.807, 2.05) is 0 Å². The lowest BCUT2D eigenvalue weighted by Crippen LogP contribution is -2.47. The highest BCUT2D eigenvalue weighted by Crippen LogP contribution is 2.26. The fraction of sp³-hybridized carbons (Fsp3) is 0.833. The van der Waals surface area contributed by atoms with Crippen LogP contribution in [-0.4, -0.2) is 36.6 Å². The third kappa shape index (κ3) is 4.73. The van der Waals surface area contributed by atoms with E-state index in [0.717, 1.165) is 25.7 Å². The van der Waals surface area contributed by atoms with Gasteiger partial charge in [-0.3, -0.25) is 4.79 Å².